The number of benzene rings is 3. The maximum atomic E-state index is 13.3. The van der Waals surface area contributed by atoms with Crippen LogP contribution in [0, 0.1) is 0 Å². The standard InChI is InChI=1S/C25H26N2O4S/c1-19(21-12-6-3-7-13-21)16-26-25(28)24-17-27(22-14-8-9-15-23(22)31-24)32(29,30)18-20-10-4-2-5-11-20/h2-15,19,24H,16-18H2,1H3,(H,26,28)/t19-,24-/m1/s1. The molecule has 0 fully saturated rings. The van der Waals surface area contributed by atoms with Gasteiger partial charge in [-0.05, 0) is 29.2 Å². The van der Waals surface area contributed by atoms with Crippen LogP contribution >= 0.6 is 0 Å². The van der Waals surface area contributed by atoms with E-state index < -0.39 is 16.1 Å². The highest BCUT2D eigenvalue weighted by Gasteiger charge is 2.36. The van der Waals surface area contributed by atoms with Gasteiger partial charge in [-0.1, -0.05) is 79.7 Å². The monoisotopic (exact) mass is 450 g/mol. The third kappa shape index (κ3) is 4.94. The molecule has 0 saturated heterocycles. The van der Waals surface area contributed by atoms with E-state index in [2.05, 4.69) is 5.32 Å². The smallest absolute Gasteiger partial charge is 0.263 e. The van der Waals surface area contributed by atoms with Crippen molar-refractivity contribution in [2.24, 2.45) is 0 Å². The van der Waals surface area contributed by atoms with E-state index in [0.717, 1.165) is 5.56 Å². The summed E-state index contributed by atoms with van der Waals surface area (Å²) in [5, 5.41) is 2.92. The Labute approximate surface area is 188 Å². The summed E-state index contributed by atoms with van der Waals surface area (Å²) in [6.07, 6.45) is -0.932. The van der Waals surface area contributed by atoms with Gasteiger partial charge in [-0.3, -0.25) is 9.10 Å². The van der Waals surface area contributed by atoms with Crippen molar-refractivity contribution in [2.75, 3.05) is 17.4 Å². The Bertz CT molecular complexity index is 1170. The molecule has 0 aliphatic carbocycles. The van der Waals surface area contributed by atoms with Crippen LogP contribution < -0.4 is 14.4 Å². The summed E-state index contributed by atoms with van der Waals surface area (Å²) in [6, 6.07) is 25.8. The molecule has 1 N–H and O–H groups in total. The lowest BCUT2D eigenvalue weighted by Crippen LogP contribution is -2.51. The van der Waals surface area contributed by atoms with E-state index >= 15 is 0 Å². The van der Waals surface area contributed by atoms with Crippen LogP contribution in [0.4, 0.5) is 5.69 Å². The van der Waals surface area contributed by atoms with Gasteiger partial charge < -0.3 is 10.1 Å². The van der Waals surface area contributed by atoms with E-state index in [9.17, 15) is 13.2 Å². The largest absolute Gasteiger partial charge is 0.476 e. The van der Waals surface area contributed by atoms with Gasteiger partial charge in [0.05, 0.1) is 18.0 Å². The van der Waals surface area contributed by atoms with E-state index in [1.54, 1.807) is 36.4 Å². The number of fused-ring (bicyclic) bond motifs is 1. The zero-order valence-corrected chi connectivity index (χ0v) is 18.7. The van der Waals surface area contributed by atoms with Gasteiger partial charge >= 0.3 is 0 Å². The SMILES string of the molecule is C[C@H](CNC(=O)[C@H]1CN(S(=O)(=O)Cc2ccccc2)c2ccccc2O1)c1ccccc1. The van der Waals surface area contributed by atoms with Gasteiger partial charge in [-0.15, -0.1) is 0 Å². The fraction of sp³-hybridized carbons (Fsp3) is 0.240. The van der Waals surface area contributed by atoms with Crippen molar-refractivity contribution >= 4 is 21.6 Å². The Morgan fingerprint density at radius 1 is 1.00 bits per heavy atom. The molecule has 1 amide bonds. The lowest BCUT2D eigenvalue weighted by molar-refractivity contribution is -0.127. The molecule has 7 heteroatoms. The highest BCUT2D eigenvalue weighted by Crippen LogP contribution is 2.35. The van der Waals surface area contributed by atoms with Crippen molar-refractivity contribution in [3.8, 4) is 5.75 Å². The van der Waals surface area contributed by atoms with Crippen LogP contribution in [0.25, 0.3) is 0 Å². The lowest BCUT2D eigenvalue weighted by atomic mass is 10.0. The highest BCUT2D eigenvalue weighted by atomic mass is 32.2. The lowest BCUT2D eigenvalue weighted by Gasteiger charge is -2.35. The van der Waals surface area contributed by atoms with Gasteiger partial charge in [0.2, 0.25) is 10.0 Å². The first-order valence-corrected chi connectivity index (χ1v) is 12.2. The maximum absolute atomic E-state index is 13.3. The van der Waals surface area contributed by atoms with Gasteiger partial charge in [0.1, 0.15) is 5.75 Å². The van der Waals surface area contributed by atoms with E-state index in [4.69, 9.17) is 4.74 Å². The maximum Gasteiger partial charge on any atom is 0.263 e. The average molecular weight is 451 g/mol. The summed E-state index contributed by atoms with van der Waals surface area (Å²) in [5.41, 5.74) is 2.26. The molecule has 1 aliphatic heterocycles. The van der Waals surface area contributed by atoms with Crippen molar-refractivity contribution in [1.29, 1.82) is 0 Å². The minimum Gasteiger partial charge on any atom is -0.476 e. The molecule has 0 spiro atoms. The van der Waals surface area contributed by atoms with E-state index in [-0.39, 0.29) is 24.1 Å². The molecule has 1 aliphatic rings. The second-order valence-electron chi connectivity index (χ2n) is 7.90. The average Bonchev–Trinajstić information content (AvgIpc) is 2.82. The normalized spacial score (nSPS) is 16.5. The van der Waals surface area contributed by atoms with Crippen LogP contribution in [0.2, 0.25) is 0 Å². The number of carbonyl (C=O) groups excluding carboxylic acids is 1. The van der Waals surface area contributed by atoms with Crippen molar-refractivity contribution in [1.82, 2.24) is 5.32 Å². The number of anilines is 1. The number of hydrogen-bond donors (Lipinski definition) is 1. The third-order valence-corrected chi connectivity index (χ3v) is 7.22. The van der Waals surface area contributed by atoms with Gasteiger partial charge in [-0.2, -0.15) is 0 Å². The van der Waals surface area contributed by atoms with E-state index in [1.165, 1.54) is 4.31 Å². The summed E-state index contributed by atoms with van der Waals surface area (Å²) >= 11 is 0. The summed E-state index contributed by atoms with van der Waals surface area (Å²) in [7, 11) is -3.72. The van der Waals surface area contributed by atoms with Crippen LogP contribution in [0.5, 0.6) is 5.75 Å². The topological polar surface area (TPSA) is 75.7 Å². The molecule has 3 aromatic rings. The Hall–Kier alpha value is -3.32. The number of nitrogens with one attached hydrogen (secondary N) is 1. The first-order chi connectivity index (χ1) is 15.4. The molecule has 0 unspecified atom stereocenters. The van der Waals surface area contributed by atoms with Crippen molar-refractivity contribution < 1.29 is 17.9 Å². The predicted molar refractivity (Wildman–Crippen MR) is 125 cm³/mol. The highest BCUT2D eigenvalue weighted by molar-refractivity contribution is 7.92. The molecule has 32 heavy (non-hydrogen) atoms. The molecular formula is C25H26N2O4S. The van der Waals surface area contributed by atoms with Crippen LogP contribution in [-0.2, 0) is 20.6 Å². The summed E-state index contributed by atoms with van der Waals surface area (Å²) in [6.45, 7) is 2.39. The fourth-order valence-electron chi connectivity index (χ4n) is 3.73. The van der Waals surface area contributed by atoms with E-state index in [1.807, 2.05) is 55.5 Å². The summed E-state index contributed by atoms with van der Waals surface area (Å²) in [5.74, 6) is 0.0180. The molecule has 6 nitrogen and oxygen atoms in total. The Kier molecular flexibility index (Phi) is 6.46. The minimum atomic E-state index is -3.72. The molecule has 0 radical (unpaired) electrons. The molecule has 0 saturated carbocycles. The molecular weight excluding hydrogens is 424 g/mol. The number of ether oxygens (including phenoxy) is 1. The number of hydrogen-bond acceptors (Lipinski definition) is 4. The zero-order valence-electron chi connectivity index (χ0n) is 17.8. The zero-order chi connectivity index (χ0) is 22.6. The van der Waals surface area contributed by atoms with Gasteiger partial charge in [0.25, 0.3) is 5.91 Å². The molecule has 4 rings (SSSR count). The van der Waals surface area contributed by atoms with Crippen LogP contribution in [0.15, 0.2) is 84.9 Å². The number of sulfonamides is 1. The van der Waals surface area contributed by atoms with Crippen LogP contribution in [-0.4, -0.2) is 33.5 Å². The molecule has 2 atom stereocenters. The van der Waals surface area contributed by atoms with E-state index in [0.29, 0.717) is 23.5 Å². The first-order valence-electron chi connectivity index (χ1n) is 10.6. The van der Waals surface area contributed by atoms with Gasteiger partial charge in [0, 0.05) is 6.54 Å². The fourth-order valence-corrected chi connectivity index (χ4v) is 5.31. The van der Waals surface area contributed by atoms with Crippen LogP contribution in [0.1, 0.15) is 24.0 Å². The van der Waals surface area contributed by atoms with Gasteiger partial charge in [0.15, 0.2) is 6.10 Å². The predicted octanol–water partition coefficient (Wildman–Crippen LogP) is 3.70. The number of amides is 1. The number of rotatable bonds is 7. The van der Waals surface area contributed by atoms with Crippen LogP contribution in [0.3, 0.4) is 0 Å². The Morgan fingerprint density at radius 2 is 1.62 bits per heavy atom. The third-order valence-electron chi connectivity index (χ3n) is 5.51. The molecule has 1 heterocycles. The summed E-state index contributed by atoms with van der Waals surface area (Å²) in [4.78, 5) is 12.9. The summed E-state index contributed by atoms with van der Waals surface area (Å²) < 4.78 is 33.7. The van der Waals surface area contributed by atoms with Crippen molar-refractivity contribution in [3.63, 3.8) is 0 Å². The Morgan fingerprint density at radius 3 is 2.34 bits per heavy atom. The molecule has 166 valence electrons. The molecule has 0 aromatic heterocycles. The second kappa shape index (κ2) is 9.44. The quantitative estimate of drug-likeness (QED) is 0.596. The number of para-hydroxylation sites is 2. The Balaban J connectivity index is 1.51. The first kappa shape index (κ1) is 21.9. The van der Waals surface area contributed by atoms with Crippen molar-refractivity contribution in [2.45, 2.75) is 24.7 Å². The van der Waals surface area contributed by atoms with Crippen molar-refractivity contribution in [3.05, 3.63) is 96.1 Å². The second-order valence-corrected chi connectivity index (χ2v) is 9.80. The minimum absolute atomic E-state index is 0.0717. The molecule has 0 bridgehead atoms. The number of carbonyl (C=O) groups is 1. The molecule has 3 aromatic carbocycles. The number of nitrogens with zero attached hydrogens (tertiary/aromatic N) is 1. The van der Waals surface area contributed by atoms with Gasteiger partial charge in [-0.25, -0.2) is 8.42 Å².